The lowest BCUT2D eigenvalue weighted by Crippen LogP contribution is -2.07. The van der Waals surface area contributed by atoms with Crippen molar-refractivity contribution in [2.45, 2.75) is 6.18 Å². The SMILES string of the molecule is O=C(O)c1ccc(C(F)(F)F)cc1Oc1ccccc1. The van der Waals surface area contributed by atoms with E-state index in [-0.39, 0.29) is 17.1 Å². The molecule has 104 valence electrons. The zero-order valence-corrected chi connectivity index (χ0v) is 10.0. The van der Waals surface area contributed by atoms with Crippen LogP contribution in [0.15, 0.2) is 48.5 Å². The van der Waals surface area contributed by atoms with Gasteiger partial charge in [0.2, 0.25) is 0 Å². The second-order valence-electron chi connectivity index (χ2n) is 3.93. The molecule has 0 heterocycles. The number of rotatable bonds is 3. The van der Waals surface area contributed by atoms with Crippen molar-refractivity contribution in [2.24, 2.45) is 0 Å². The highest BCUT2D eigenvalue weighted by atomic mass is 19.4. The molecule has 0 aromatic heterocycles. The monoisotopic (exact) mass is 282 g/mol. The molecule has 0 amide bonds. The summed E-state index contributed by atoms with van der Waals surface area (Å²) in [5.41, 5.74) is -1.30. The zero-order valence-electron chi connectivity index (χ0n) is 10.0. The van der Waals surface area contributed by atoms with Crippen LogP contribution in [0.3, 0.4) is 0 Å². The Kier molecular flexibility index (Phi) is 3.65. The second-order valence-corrected chi connectivity index (χ2v) is 3.93. The smallest absolute Gasteiger partial charge is 0.416 e. The average Bonchev–Trinajstić information content (AvgIpc) is 2.38. The number of carbonyl (C=O) groups is 1. The molecule has 1 N–H and O–H groups in total. The van der Waals surface area contributed by atoms with Gasteiger partial charge < -0.3 is 9.84 Å². The Hall–Kier alpha value is -2.50. The molecular formula is C14H9F3O3. The lowest BCUT2D eigenvalue weighted by molar-refractivity contribution is -0.137. The Balaban J connectivity index is 2.45. The molecule has 0 saturated carbocycles. The molecule has 0 aliphatic heterocycles. The van der Waals surface area contributed by atoms with Crippen molar-refractivity contribution in [3.63, 3.8) is 0 Å². The van der Waals surface area contributed by atoms with E-state index in [0.717, 1.165) is 6.07 Å². The Morgan fingerprint density at radius 1 is 1.05 bits per heavy atom. The number of alkyl halides is 3. The van der Waals surface area contributed by atoms with E-state index in [2.05, 4.69) is 0 Å². The third kappa shape index (κ3) is 3.09. The van der Waals surface area contributed by atoms with Gasteiger partial charge in [-0.15, -0.1) is 0 Å². The third-order valence-electron chi connectivity index (χ3n) is 2.51. The predicted molar refractivity (Wildman–Crippen MR) is 64.9 cm³/mol. The summed E-state index contributed by atoms with van der Waals surface area (Å²) in [6, 6.07) is 10.3. The van der Waals surface area contributed by atoms with E-state index >= 15 is 0 Å². The molecule has 0 bridgehead atoms. The van der Waals surface area contributed by atoms with E-state index in [9.17, 15) is 18.0 Å². The minimum Gasteiger partial charge on any atom is -0.478 e. The highest BCUT2D eigenvalue weighted by molar-refractivity contribution is 5.91. The van der Waals surface area contributed by atoms with Crippen molar-refractivity contribution in [3.8, 4) is 11.5 Å². The minimum absolute atomic E-state index is 0.259. The Labute approximate surface area is 112 Å². The molecule has 0 fully saturated rings. The average molecular weight is 282 g/mol. The molecule has 0 unspecified atom stereocenters. The van der Waals surface area contributed by atoms with Crippen LogP contribution in [0.2, 0.25) is 0 Å². The summed E-state index contributed by atoms with van der Waals surface area (Å²) >= 11 is 0. The summed E-state index contributed by atoms with van der Waals surface area (Å²) in [7, 11) is 0. The molecule has 0 aliphatic rings. The molecule has 0 saturated heterocycles. The van der Waals surface area contributed by atoms with Crippen LogP contribution in [0.5, 0.6) is 11.5 Å². The van der Waals surface area contributed by atoms with E-state index < -0.39 is 17.7 Å². The van der Waals surface area contributed by atoms with Crippen LogP contribution in [0, 0.1) is 0 Å². The first kappa shape index (κ1) is 13.9. The van der Waals surface area contributed by atoms with Gasteiger partial charge in [-0.3, -0.25) is 0 Å². The first-order valence-corrected chi connectivity index (χ1v) is 5.55. The van der Waals surface area contributed by atoms with Gasteiger partial charge in [-0.25, -0.2) is 4.79 Å². The molecule has 2 aromatic carbocycles. The number of hydrogen-bond acceptors (Lipinski definition) is 2. The van der Waals surface area contributed by atoms with Gasteiger partial charge in [0.05, 0.1) is 5.56 Å². The van der Waals surface area contributed by atoms with Crippen LogP contribution in [0.25, 0.3) is 0 Å². The Bertz CT molecular complexity index is 621. The van der Waals surface area contributed by atoms with Crippen molar-refractivity contribution in [1.29, 1.82) is 0 Å². The lowest BCUT2D eigenvalue weighted by Gasteiger charge is -2.12. The largest absolute Gasteiger partial charge is 0.478 e. The van der Waals surface area contributed by atoms with Gasteiger partial charge >= 0.3 is 12.1 Å². The Morgan fingerprint density at radius 3 is 2.25 bits per heavy atom. The van der Waals surface area contributed by atoms with Gasteiger partial charge in [0.25, 0.3) is 0 Å². The highest BCUT2D eigenvalue weighted by Gasteiger charge is 2.32. The van der Waals surface area contributed by atoms with E-state index in [1.54, 1.807) is 18.2 Å². The summed E-state index contributed by atoms with van der Waals surface area (Å²) in [4.78, 5) is 11.0. The van der Waals surface area contributed by atoms with E-state index in [0.29, 0.717) is 12.1 Å². The number of hydrogen-bond donors (Lipinski definition) is 1. The maximum Gasteiger partial charge on any atom is 0.416 e. The summed E-state index contributed by atoms with van der Waals surface area (Å²) in [6.07, 6.45) is -4.56. The van der Waals surface area contributed by atoms with Crippen LogP contribution in [-0.4, -0.2) is 11.1 Å². The molecule has 6 heteroatoms. The van der Waals surface area contributed by atoms with Gasteiger partial charge in [0, 0.05) is 0 Å². The number of benzene rings is 2. The highest BCUT2D eigenvalue weighted by Crippen LogP contribution is 2.34. The summed E-state index contributed by atoms with van der Waals surface area (Å²) in [6.45, 7) is 0. The van der Waals surface area contributed by atoms with Gasteiger partial charge in [-0.1, -0.05) is 18.2 Å². The number of para-hydroxylation sites is 1. The first-order valence-electron chi connectivity index (χ1n) is 5.55. The predicted octanol–water partition coefficient (Wildman–Crippen LogP) is 4.20. The number of carboxylic acids is 1. The third-order valence-corrected chi connectivity index (χ3v) is 2.51. The summed E-state index contributed by atoms with van der Waals surface area (Å²) in [5.74, 6) is -1.45. The maximum atomic E-state index is 12.6. The van der Waals surface area contributed by atoms with Crippen molar-refractivity contribution in [3.05, 3.63) is 59.7 Å². The molecule has 0 spiro atoms. The molecule has 2 rings (SSSR count). The van der Waals surface area contributed by atoms with Crippen molar-refractivity contribution in [2.75, 3.05) is 0 Å². The van der Waals surface area contributed by atoms with Crippen molar-refractivity contribution in [1.82, 2.24) is 0 Å². The zero-order chi connectivity index (χ0) is 14.8. The van der Waals surface area contributed by atoms with Crippen LogP contribution >= 0.6 is 0 Å². The molecule has 0 aliphatic carbocycles. The first-order chi connectivity index (χ1) is 9.38. The van der Waals surface area contributed by atoms with Gasteiger partial charge in [0.15, 0.2) is 0 Å². The fourth-order valence-electron chi connectivity index (χ4n) is 1.58. The van der Waals surface area contributed by atoms with Crippen LogP contribution in [0.1, 0.15) is 15.9 Å². The number of aromatic carboxylic acids is 1. The standard InChI is InChI=1S/C14H9F3O3/c15-14(16,17)9-6-7-11(13(18)19)12(8-9)20-10-4-2-1-3-5-10/h1-8H,(H,18,19). The molecule has 2 aromatic rings. The Morgan fingerprint density at radius 2 is 1.70 bits per heavy atom. The minimum atomic E-state index is -4.56. The summed E-state index contributed by atoms with van der Waals surface area (Å²) < 4.78 is 43.1. The van der Waals surface area contributed by atoms with Gasteiger partial charge in [-0.05, 0) is 30.3 Å². The molecule has 0 radical (unpaired) electrons. The van der Waals surface area contributed by atoms with Crippen molar-refractivity contribution < 1.29 is 27.8 Å². The second kappa shape index (κ2) is 5.24. The number of ether oxygens (including phenoxy) is 1. The normalized spacial score (nSPS) is 11.2. The fourth-order valence-corrected chi connectivity index (χ4v) is 1.58. The number of halogens is 3. The van der Waals surface area contributed by atoms with Crippen molar-refractivity contribution >= 4 is 5.97 Å². The molecule has 3 nitrogen and oxygen atoms in total. The van der Waals surface area contributed by atoms with Crippen LogP contribution in [-0.2, 0) is 6.18 Å². The maximum absolute atomic E-state index is 12.6. The van der Waals surface area contributed by atoms with E-state index in [1.807, 2.05) is 0 Å². The lowest BCUT2D eigenvalue weighted by atomic mass is 10.1. The topological polar surface area (TPSA) is 46.5 Å². The van der Waals surface area contributed by atoms with Crippen LogP contribution < -0.4 is 4.74 Å². The van der Waals surface area contributed by atoms with E-state index in [4.69, 9.17) is 9.84 Å². The van der Waals surface area contributed by atoms with Gasteiger partial charge in [-0.2, -0.15) is 13.2 Å². The van der Waals surface area contributed by atoms with Crippen LogP contribution in [0.4, 0.5) is 13.2 Å². The van der Waals surface area contributed by atoms with Gasteiger partial charge in [0.1, 0.15) is 17.1 Å². The number of carboxylic acid groups (broad SMARTS) is 1. The quantitative estimate of drug-likeness (QED) is 0.917. The molecule has 20 heavy (non-hydrogen) atoms. The molecular weight excluding hydrogens is 273 g/mol. The van der Waals surface area contributed by atoms with E-state index in [1.165, 1.54) is 12.1 Å². The molecule has 0 atom stereocenters. The summed E-state index contributed by atoms with van der Waals surface area (Å²) in [5, 5.41) is 8.98. The fraction of sp³-hybridized carbons (Fsp3) is 0.0714.